The molecule has 9 heteroatoms. The summed E-state index contributed by atoms with van der Waals surface area (Å²) in [5.74, 6) is -0.191. The lowest BCUT2D eigenvalue weighted by Crippen LogP contribution is -2.35. The second-order valence-corrected chi connectivity index (χ2v) is 4.53. The third kappa shape index (κ3) is 1.79. The van der Waals surface area contributed by atoms with Crippen LogP contribution < -0.4 is 11.0 Å². The summed E-state index contributed by atoms with van der Waals surface area (Å²) in [5.41, 5.74) is 2.61. The lowest BCUT2D eigenvalue weighted by molar-refractivity contribution is -0.119. The van der Waals surface area contributed by atoms with E-state index < -0.39 is 5.56 Å². The first kappa shape index (κ1) is 12.2. The van der Waals surface area contributed by atoms with Crippen molar-refractivity contribution >= 4 is 22.7 Å². The molecule has 0 bridgehead atoms. The number of nitrogens with zero attached hydrogens (tertiary/aromatic N) is 6. The van der Waals surface area contributed by atoms with Gasteiger partial charge in [0, 0.05) is 12.1 Å². The second-order valence-electron chi connectivity index (χ2n) is 4.53. The number of hydrogen-bond donors (Lipinski definition) is 1. The summed E-state index contributed by atoms with van der Waals surface area (Å²) in [4.78, 5) is 27.8. The van der Waals surface area contributed by atoms with E-state index in [0.717, 1.165) is 4.68 Å². The number of amides is 1. The minimum atomic E-state index is -0.471. The molecule has 0 saturated heterocycles. The molecule has 3 heterocycles. The molecule has 20 heavy (non-hydrogen) atoms. The molecule has 0 spiro atoms. The topological polar surface area (TPSA) is 107 Å². The SMILES string of the molecule is CC(C)C(=O)Nn1ccc2c(nnc3ncnn32)c1=O. The van der Waals surface area contributed by atoms with Crippen LogP contribution in [0.3, 0.4) is 0 Å². The summed E-state index contributed by atoms with van der Waals surface area (Å²) in [6.07, 6.45) is 2.78. The van der Waals surface area contributed by atoms with Gasteiger partial charge < -0.3 is 0 Å². The molecular formula is C11H11N7O2. The van der Waals surface area contributed by atoms with Gasteiger partial charge in [-0.1, -0.05) is 13.8 Å². The molecule has 102 valence electrons. The fourth-order valence-corrected chi connectivity index (χ4v) is 1.68. The van der Waals surface area contributed by atoms with Gasteiger partial charge in [-0.25, -0.2) is 4.68 Å². The first-order valence-corrected chi connectivity index (χ1v) is 5.96. The lowest BCUT2D eigenvalue weighted by Gasteiger charge is -2.10. The van der Waals surface area contributed by atoms with Crippen molar-refractivity contribution in [2.75, 3.05) is 5.43 Å². The normalized spacial score (nSPS) is 11.3. The molecule has 0 aliphatic heterocycles. The summed E-state index contributed by atoms with van der Waals surface area (Å²) in [5, 5.41) is 11.6. The smallest absolute Gasteiger partial charge is 0.273 e. The van der Waals surface area contributed by atoms with Gasteiger partial charge in [-0.2, -0.15) is 14.6 Å². The molecule has 0 atom stereocenters. The first-order chi connectivity index (χ1) is 9.58. The van der Waals surface area contributed by atoms with Crippen LogP contribution in [-0.4, -0.2) is 35.4 Å². The molecule has 0 aromatic carbocycles. The number of fused-ring (bicyclic) bond motifs is 3. The van der Waals surface area contributed by atoms with Gasteiger partial charge in [-0.3, -0.25) is 15.0 Å². The highest BCUT2D eigenvalue weighted by Gasteiger charge is 2.12. The molecular weight excluding hydrogens is 262 g/mol. The highest BCUT2D eigenvalue weighted by atomic mass is 16.2. The zero-order chi connectivity index (χ0) is 14.3. The van der Waals surface area contributed by atoms with Crippen LogP contribution in [0.25, 0.3) is 16.8 Å². The van der Waals surface area contributed by atoms with E-state index in [1.54, 1.807) is 19.9 Å². The predicted molar refractivity (Wildman–Crippen MR) is 69.5 cm³/mol. The van der Waals surface area contributed by atoms with E-state index in [1.165, 1.54) is 17.0 Å². The number of pyridine rings is 1. The number of hydrogen-bond acceptors (Lipinski definition) is 6. The van der Waals surface area contributed by atoms with Gasteiger partial charge in [0.25, 0.3) is 11.3 Å². The van der Waals surface area contributed by atoms with E-state index >= 15 is 0 Å². The zero-order valence-corrected chi connectivity index (χ0v) is 10.8. The maximum atomic E-state index is 12.2. The van der Waals surface area contributed by atoms with Gasteiger partial charge in [0.05, 0.1) is 0 Å². The molecule has 3 aromatic heterocycles. The Labute approximate surface area is 112 Å². The van der Waals surface area contributed by atoms with Gasteiger partial charge in [0.2, 0.25) is 5.91 Å². The minimum Gasteiger partial charge on any atom is -0.273 e. The van der Waals surface area contributed by atoms with Crippen LogP contribution in [0.4, 0.5) is 0 Å². The number of nitrogens with one attached hydrogen (secondary N) is 1. The fraction of sp³-hybridized carbons (Fsp3) is 0.273. The number of carbonyl (C=O) groups is 1. The highest BCUT2D eigenvalue weighted by molar-refractivity contribution is 5.85. The van der Waals surface area contributed by atoms with E-state index in [4.69, 9.17) is 0 Å². The zero-order valence-electron chi connectivity index (χ0n) is 10.8. The quantitative estimate of drug-likeness (QED) is 0.678. The van der Waals surface area contributed by atoms with Gasteiger partial charge in [-0.15, -0.1) is 10.2 Å². The minimum absolute atomic E-state index is 0.106. The number of aromatic nitrogens is 6. The van der Waals surface area contributed by atoms with Crippen LogP contribution in [0.1, 0.15) is 13.8 Å². The molecule has 3 rings (SSSR count). The Balaban J connectivity index is 2.18. The van der Waals surface area contributed by atoms with Crippen LogP contribution in [0.2, 0.25) is 0 Å². The Hall–Kier alpha value is -2.84. The van der Waals surface area contributed by atoms with Crippen LogP contribution in [-0.2, 0) is 4.79 Å². The summed E-state index contributed by atoms with van der Waals surface area (Å²) in [6, 6.07) is 1.62. The Kier molecular flexibility index (Phi) is 2.67. The molecule has 0 saturated carbocycles. The van der Waals surface area contributed by atoms with Crippen molar-refractivity contribution < 1.29 is 4.79 Å². The van der Waals surface area contributed by atoms with Crippen molar-refractivity contribution in [2.45, 2.75) is 13.8 Å². The molecule has 0 aliphatic carbocycles. The van der Waals surface area contributed by atoms with E-state index in [1.807, 2.05) is 0 Å². The molecule has 9 nitrogen and oxygen atoms in total. The van der Waals surface area contributed by atoms with Crippen LogP contribution in [0, 0.1) is 5.92 Å². The van der Waals surface area contributed by atoms with E-state index in [-0.39, 0.29) is 17.3 Å². The standard InChI is InChI=1S/C11H11N7O2/c1-6(2)9(19)16-17-4-3-7-8(10(17)20)14-15-11-12-5-13-18(7)11/h3-6H,1-2H3,(H,16,19). The maximum Gasteiger partial charge on any atom is 0.299 e. The maximum absolute atomic E-state index is 12.2. The third-order valence-corrected chi connectivity index (χ3v) is 2.80. The van der Waals surface area contributed by atoms with Gasteiger partial charge in [0.15, 0.2) is 5.52 Å². The number of carbonyl (C=O) groups excluding carboxylic acids is 1. The fourth-order valence-electron chi connectivity index (χ4n) is 1.68. The molecule has 3 aromatic rings. The van der Waals surface area contributed by atoms with Gasteiger partial charge in [0.1, 0.15) is 11.8 Å². The van der Waals surface area contributed by atoms with Crippen molar-refractivity contribution in [3.05, 3.63) is 28.9 Å². The Morgan fingerprint density at radius 2 is 2.15 bits per heavy atom. The average molecular weight is 273 g/mol. The summed E-state index contributed by atoms with van der Waals surface area (Å²) in [7, 11) is 0. The Morgan fingerprint density at radius 1 is 1.35 bits per heavy atom. The van der Waals surface area contributed by atoms with Crippen LogP contribution in [0.15, 0.2) is 23.4 Å². The largest absolute Gasteiger partial charge is 0.299 e. The number of rotatable bonds is 2. The molecule has 0 radical (unpaired) electrons. The van der Waals surface area contributed by atoms with E-state index in [0.29, 0.717) is 11.3 Å². The first-order valence-electron chi connectivity index (χ1n) is 5.96. The Morgan fingerprint density at radius 3 is 2.90 bits per heavy atom. The van der Waals surface area contributed by atoms with Crippen molar-refractivity contribution in [2.24, 2.45) is 5.92 Å². The van der Waals surface area contributed by atoms with Crippen molar-refractivity contribution in [1.82, 2.24) is 29.5 Å². The third-order valence-electron chi connectivity index (χ3n) is 2.80. The molecule has 1 amide bonds. The molecule has 0 unspecified atom stereocenters. The molecule has 1 N–H and O–H groups in total. The van der Waals surface area contributed by atoms with Gasteiger partial charge >= 0.3 is 0 Å². The Bertz CT molecular complexity index is 864. The summed E-state index contributed by atoms with van der Waals surface area (Å²) < 4.78 is 2.50. The second kappa shape index (κ2) is 4.37. The van der Waals surface area contributed by atoms with E-state index in [2.05, 4.69) is 25.7 Å². The predicted octanol–water partition coefficient (Wildman–Crippen LogP) is -0.440. The van der Waals surface area contributed by atoms with E-state index in [9.17, 15) is 9.59 Å². The van der Waals surface area contributed by atoms with Gasteiger partial charge in [-0.05, 0) is 6.07 Å². The lowest BCUT2D eigenvalue weighted by atomic mass is 10.2. The highest BCUT2D eigenvalue weighted by Crippen LogP contribution is 2.05. The van der Waals surface area contributed by atoms with Crippen molar-refractivity contribution in [3.8, 4) is 0 Å². The van der Waals surface area contributed by atoms with Crippen LogP contribution >= 0.6 is 0 Å². The summed E-state index contributed by atoms with van der Waals surface area (Å²) >= 11 is 0. The van der Waals surface area contributed by atoms with Crippen molar-refractivity contribution in [1.29, 1.82) is 0 Å². The van der Waals surface area contributed by atoms with Crippen molar-refractivity contribution in [3.63, 3.8) is 0 Å². The van der Waals surface area contributed by atoms with Crippen LogP contribution in [0.5, 0.6) is 0 Å². The molecule has 0 aliphatic rings. The average Bonchev–Trinajstić information content (AvgIpc) is 2.90. The molecule has 0 fully saturated rings. The summed E-state index contributed by atoms with van der Waals surface area (Å²) in [6.45, 7) is 3.47. The monoisotopic (exact) mass is 273 g/mol.